The fourth-order valence-corrected chi connectivity index (χ4v) is 2.92. The summed E-state index contributed by atoms with van der Waals surface area (Å²) in [6, 6.07) is 8.23. The molecule has 0 aliphatic rings. The number of amides is 1. The maximum Gasteiger partial charge on any atom is 0.248 e. The van der Waals surface area contributed by atoms with Gasteiger partial charge in [-0.1, -0.05) is 32.0 Å². The van der Waals surface area contributed by atoms with Crippen LogP contribution in [0, 0.1) is 0 Å². The number of carbonyl (C=O) groups excluding carboxylic acids is 1. The molecule has 2 heterocycles. The SMILES string of the molecule is COCCn1cc(CCC(=O)Nc2n[nH]c(C(C)C)n2)c2ccccc21. The Kier molecular flexibility index (Phi) is 5.68. The minimum atomic E-state index is -0.0898. The maximum atomic E-state index is 12.2. The molecule has 7 nitrogen and oxygen atoms in total. The molecule has 1 amide bonds. The first-order valence-electron chi connectivity index (χ1n) is 8.86. The molecule has 2 N–H and O–H groups in total. The lowest BCUT2D eigenvalue weighted by Gasteiger charge is -2.03. The first-order chi connectivity index (χ1) is 12.6. The van der Waals surface area contributed by atoms with E-state index in [9.17, 15) is 4.79 Å². The zero-order valence-electron chi connectivity index (χ0n) is 15.5. The van der Waals surface area contributed by atoms with Crippen LogP contribution in [0.25, 0.3) is 10.9 Å². The first-order valence-corrected chi connectivity index (χ1v) is 8.86. The highest BCUT2D eigenvalue weighted by Gasteiger charge is 2.12. The average molecular weight is 355 g/mol. The Hall–Kier alpha value is -2.67. The highest BCUT2D eigenvalue weighted by atomic mass is 16.5. The summed E-state index contributed by atoms with van der Waals surface area (Å²) in [5.74, 6) is 1.25. The van der Waals surface area contributed by atoms with Gasteiger partial charge >= 0.3 is 0 Å². The lowest BCUT2D eigenvalue weighted by atomic mass is 10.1. The van der Waals surface area contributed by atoms with Crippen LogP contribution in [-0.4, -0.2) is 39.4 Å². The first kappa shape index (κ1) is 18.1. The summed E-state index contributed by atoms with van der Waals surface area (Å²) in [7, 11) is 1.70. The number of rotatable bonds is 8. The summed E-state index contributed by atoms with van der Waals surface area (Å²) in [5.41, 5.74) is 2.32. The lowest BCUT2D eigenvalue weighted by molar-refractivity contribution is -0.116. The van der Waals surface area contributed by atoms with Crippen molar-refractivity contribution in [3.05, 3.63) is 41.9 Å². The Morgan fingerprint density at radius 2 is 2.15 bits per heavy atom. The number of fused-ring (bicyclic) bond motifs is 1. The Morgan fingerprint density at radius 3 is 2.88 bits per heavy atom. The topological polar surface area (TPSA) is 84.8 Å². The molecule has 2 aromatic heterocycles. The predicted molar refractivity (Wildman–Crippen MR) is 101 cm³/mol. The van der Waals surface area contributed by atoms with Crippen molar-refractivity contribution in [2.45, 2.75) is 39.2 Å². The van der Waals surface area contributed by atoms with Crippen LogP contribution in [0.3, 0.4) is 0 Å². The number of H-pyrrole nitrogens is 1. The quantitative estimate of drug-likeness (QED) is 0.650. The largest absolute Gasteiger partial charge is 0.383 e. The van der Waals surface area contributed by atoms with Crippen LogP contribution < -0.4 is 5.32 Å². The number of hydrogen-bond acceptors (Lipinski definition) is 4. The third kappa shape index (κ3) is 4.11. The summed E-state index contributed by atoms with van der Waals surface area (Å²) in [6.07, 6.45) is 3.15. The third-order valence-corrected chi connectivity index (χ3v) is 4.33. The lowest BCUT2D eigenvalue weighted by Crippen LogP contribution is -2.13. The molecule has 0 spiro atoms. The molecular weight excluding hydrogens is 330 g/mol. The molecule has 3 rings (SSSR count). The summed E-state index contributed by atoms with van der Waals surface area (Å²) in [5, 5.41) is 10.8. The molecule has 0 atom stereocenters. The second kappa shape index (κ2) is 8.14. The molecule has 0 aliphatic heterocycles. The van der Waals surface area contributed by atoms with Gasteiger partial charge in [0.1, 0.15) is 5.82 Å². The molecule has 7 heteroatoms. The van der Waals surface area contributed by atoms with Crippen molar-refractivity contribution in [3.8, 4) is 0 Å². The fourth-order valence-electron chi connectivity index (χ4n) is 2.92. The van der Waals surface area contributed by atoms with E-state index in [1.165, 1.54) is 5.39 Å². The van der Waals surface area contributed by atoms with Crippen LogP contribution >= 0.6 is 0 Å². The van der Waals surface area contributed by atoms with Gasteiger partial charge in [-0.15, -0.1) is 5.10 Å². The smallest absolute Gasteiger partial charge is 0.248 e. The van der Waals surface area contributed by atoms with E-state index in [-0.39, 0.29) is 11.8 Å². The summed E-state index contributed by atoms with van der Waals surface area (Å²) >= 11 is 0. The van der Waals surface area contributed by atoms with Gasteiger partial charge in [0.25, 0.3) is 0 Å². The Morgan fingerprint density at radius 1 is 1.35 bits per heavy atom. The van der Waals surface area contributed by atoms with Gasteiger partial charge in [0.05, 0.1) is 6.61 Å². The Bertz CT molecular complexity index is 881. The van der Waals surface area contributed by atoms with E-state index in [4.69, 9.17) is 4.74 Å². The van der Waals surface area contributed by atoms with Gasteiger partial charge in [0.15, 0.2) is 0 Å². The number of para-hydroxylation sites is 1. The third-order valence-electron chi connectivity index (χ3n) is 4.33. The number of methoxy groups -OCH3 is 1. The second-order valence-electron chi connectivity index (χ2n) is 6.60. The number of aryl methyl sites for hydroxylation is 1. The molecule has 26 heavy (non-hydrogen) atoms. The zero-order valence-corrected chi connectivity index (χ0v) is 15.5. The van der Waals surface area contributed by atoms with E-state index in [2.05, 4.69) is 43.4 Å². The highest BCUT2D eigenvalue weighted by molar-refractivity contribution is 5.90. The number of carbonyl (C=O) groups is 1. The van der Waals surface area contributed by atoms with Crippen LogP contribution in [0.15, 0.2) is 30.5 Å². The maximum absolute atomic E-state index is 12.2. The fraction of sp³-hybridized carbons (Fsp3) is 0.421. The summed E-state index contributed by atoms with van der Waals surface area (Å²) < 4.78 is 7.36. The van der Waals surface area contributed by atoms with Crippen molar-refractivity contribution < 1.29 is 9.53 Å². The standard InChI is InChI=1S/C19H25N5O2/c1-13(2)18-21-19(23-22-18)20-17(25)9-8-14-12-24(10-11-26-3)16-7-5-4-6-15(14)16/h4-7,12-13H,8-11H2,1-3H3,(H2,20,21,22,23,25). The molecule has 0 unspecified atom stereocenters. The van der Waals surface area contributed by atoms with Crippen molar-refractivity contribution in [3.63, 3.8) is 0 Å². The van der Waals surface area contributed by atoms with Gasteiger partial charge in [0.2, 0.25) is 11.9 Å². The molecule has 138 valence electrons. The Balaban J connectivity index is 1.66. The number of nitrogens with one attached hydrogen (secondary N) is 2. The Labute approximate surface area is 152 Å². The van der Waals surface area contributed by atoms with Gasteiger partial charge in [-0.25, -0.2) is 0 Å². The average Bonchev–Trinajstić information content (AvgIpc) is 3.23. The molecular formula is C19H25N5O2. The monoisotopic (exact) mass is 355 g/mol. The van der Waals surface area contributed by atoms with Crippen molar-refractivity contribution in [1.82, 2.24) is 19.7 Å². The zero-order chi connectivity index (χ0) is 18.5. The summed E-state index contributed by atoms with van der Waals surface area (Å²) in [4.78, 5) is 16.5. The van der Waals surface area contributed by atoms with Crippen LogP contribution in [0.4, 0.5) is 5.95 Å². The van der Waals surface area contributed by atoms with Gasteiger partial charge in [0, 0.05) is 43.1 Å². The van der Waals surface area contributed by atoms with E-state index in [0.29, 0.717) is 25.4 Å². The predicted octanol–water partition coefficient (Wildman–Crippen LogP) is 3.10. The van der Waals surface area contributed by atoms with Crippen LogP contribution in [0.2, 0.25) is 0 Å². The van der Waals surface area contributed by atoms with E-state index in [1.807, 2.05) is 26.0 Å². The minimum absolute atomic E-state index is 0.0898. The van der Waals surface area contributed by atoms with Crippen LogP contribution in [-0.2, 0) is 22.5 Å². The number of benzene rings is 1. The minimum Gasteiger partial charge on any atom is -0.383 e. The van der Waals surface area contributed by atoms with E-state index in [0.717, 1.165) is 23.4 Å². The van der Waals surface area contributed by atoms with Crippen LogP contribution in [0.1, 0.15) is 37.6 Å². The van der Waals surface area contributed by atoms with E-state index < -0.39 is 0 Å². The number of ether oxygens (including phenoxy) is 1. The molecule has 0 fully saturated rings. The van der Waals surface area contributed by atoms with Crippen molar-refractivity contribution in [2.24, 2.45) is 0 Å². The number of nitrogens with zero attached hydrogens (tertiary/aromatic N) is 3. The van der Waals surface area contributed by atoms with Gasteiger partial charge in [-0.2, -0.15) is 4.98 Å². The number of anilines is 1. The highest BCUT2D eigenvalue weighted by Crippen LogP contribution is 2.22. The molecule has 3 aromatic rings. The molecule has 1 aromatic carbocycles. The van der Waals surface area contributed by atoms with Crippen molar-refractivity contribution in [1.29, 1.82) is 0 Å². The number of hydrogen-bond donors (Lipinski definition) is 2. The summed E-state index contributed by atoms with van der Waals surface area (Å²) in [6.45, 7) is 5.48. The molecule has 0 bridgehead atoms. The van der Waals surface area contributed by atoms with Gasteiger partial charge in [-0.05, 0) is 18.1 Å². The van der Waals surface area contributed by atoms with Crippen molar-refractivity contribution in [2.75, 3.05) is 19.0 Å². The molecule has 0 aliphatic carbocycles. The second-order valence-corrected chi connectivity index (χ2v) is 6.60. The van der Waals surface area contributed by atoms with Gasteiger partial charge in [-0.3, -0.25) is 15.2 Å². The van der Waals surface area contributed by atoms with E-state index in [1.54, 1.807) is 7.11 Å². The normalized spacial score (nSPS) is 11.4. The van der Waals surface area contributed by atoms with Crippen LogP contribution in [0.5, 0.6) is 0 Å². The van der Waals surface area contributed by atoms with Gasteiger partial charge < -0.3 is 9.30 Å². The number of aromatic amines is 1. The molecule has 0 saturated heterocycles. The van der Waals surface area contributed by atoms with E-state index >= 15 is 0 Å². The number of aromatic nitrogens is 4. The molecule has 0 saturated carbocycles. The molecule has 0 radical (unpaired) electrons. The van der Waals surface area contributed by atoms with Crippen molar-refractivity contribution >= 4 is 22.8 Å².